The van der Waals surface area contributed by atoms with Crippen LogP contribution in [0.25, 0.3) is 0 Å². The van der Waals surface area contributed by atoms with Crippen LogP contribution >= 0.6 is 0 Å². The van der Waals surface area contributed by atoms with E-state index in [1.807, 2.05) is 19.2 Å². The summed E-state index contributed by atoms with van der Waals surface area (Å²) in [5, 5.41) is 3.53. The number of nitrogens with zero attached hydrogens (tertiary/aromatic N) is 1. The van der Waals surface area contributed by atoms with Crippen molar-refractivity contribution in [2.24, 2.45) is 0 Å². The van der Waals surface area contributed by atoms with Gasteiger partial charge in [-0.1, -0.05) is 0 Å². The smallest absolute Gasteiger partial charge is 0.0834 e. The van der Waals surface area contributed by atoms with Crippen LogP contribution in [0, 0.1) is 6.92 Å². The lowest BCUT2D eigenvalue weighted by Gasteiger charge is -2.28. The summed E-state index contributed by atoms with van der Waals surface area (Å²) in [6.07, 6.45) is 2.89. The Hall–Kier alpha value is -1.09. The zero-order chi connectivity index (χ0) is 12.7. The van der Waals surface area contributed by atoms with Gasteiger partial charge in [-0.05, 0) is 53.2 Å². The second-order valence-corrected chi connectivity index (χ2v) is 6.05. The molecule has 0 spiro atoms. The largest absolute Gasteiger partial charge is 0.378 e. The molecule has 0 radical (unpaired) electrons. The lowest BCUT2D eigenvalue weighted by Crippen LogP contribution is -2.38. The van der Waals surface area contributed by atoms with Crippen molar-refractivity contribution in [2.75, 3.05) is 5.32 Å². The van der Waals surface area contributed by atoms with Crippen molar-refractivity contribution in [1.29, 1.82) is 0 Å². The van der Waals surface area contributed by atoms with E-state index in [1.54, 1.807) is 0 Å². The normalized spacial score (nSPS) is 25.8. The molecule has 1 aromatic rings. The standard InChI is InChI=1S/C14H22N2O/c1-10-6-7-11(9-15-10)16-12-8-13(2,3)17-14(12,4)5/h6-7,9,12,16H,8H2,1-5H3. The highest BCUT2D eigenvalue weighted by molar-refractivity contribution is 5.43. The van der Waals surface area contributed by atoms with Crippen molar-refractivity contribution in [1.82, 2.24) is 4.98 Å². The topological polar surface area (TPSA) is 34.1 Å². The van der Waals surface area contributed by atoms with Gasteiger partial charge in [-0.25, -0.2) is 0 Å². The Morgan fingerprint density at radius 1 is 1.29 bits per heavy atom. The Bertz CT molecular complexity index is 395. The maximum Gasteiger partial charge on any atom is 0.0834 e. The molecule has 0 saturated carbocycles. The number of hydrogen-bond donors (Lipinski definition) is 1. The average molecular weight is 234 g/mol. The number of anilines is 1. The molecule has 1 unspecified atom stereocenters. The van der Waals surface area contributed by atoms with Gasteiger partial charge >= 0.3 is 0 Å². The molecule has 1 N–H and O–H groups in total. The van der Waals surface area contributed by atoms with Gasteiger partial charge in [0.15, 0.2) is 0 Å². The Kier molecular flexibility index (Phi) is 2.90. The fourth-order valence-corrected chi connectivity index (χ4v) is 2.54. The van der Waals surface area contributed by atoms with E-state index in [2.05, 4.69) is 44.1 Å². The minimum atomic E-state index is -0.144. The molecule has 17 heavy (non-hydrogen) atoms. The van der Waals surface area contributed by atoms with Gasteiger partial charge in [-0.15, -0.1) is 0 Å². The first-order valence-electron chi connectivity index (χ1n) is 6.18. The lowest BCUT2D eigenvalue weighted by molar-refractivity contribution is -0.0662. The Balaban J connectivity index is 2.11. The lowest BCUT2D eigenvalue weighted by atomic mass is 9.94. The molecule has 1 saturated heterocycles. The predicted molar refractivity (Wildman–Crippen MR) is 70.2 cm³/mol. The Morgan fingerprint density at radius 2 is 2.00 bits per heavy atom. The SMILES string of the molecule is Cc1ccc(NC2CC(C)(C)OC2(C)C)cn1. The summed E-state index contributed by atoms with van der Waals surface area (Å²) in [7, 11) is 0. The van der Waals surface area contributed by atoms with Gasteiger partial charge < -0.3 is 10.1 Å². The van der Waals surface area contributed by atoms with E-state index < -0.39 is 0 Å². The van der Waals surface area contributed by atoms with Gasteiger partial charge in [-0.2, -0.15) is 0 Å². The highest BCUT2D eigenvalue weighted by Crippen LogP contribution is 2.38. The number of ether oxygens (including phenoxy) is 1. The maximum absolute atomic E-state index is 6.06. The van der Waals surface area contributed by atoms with Gasteiger partial charge in [0, 0.05) is 5.69 Å². The molecule has 3 nitrogen and oxygen atoms in total. The fraction of sp³-hybridized carbons (Fsp3) is 0.643. The number of pyridine rings is 1. The molecule has 1 aliphatic rings. The third-order valence-corrected chi connectivity index (χ3v) is 3.33. The summed E-state index contributed by atoms with van der Waals surface area (Å²) in [6, 6.07) is 4.42. The molecule has 0 bridgehead atoms. The molecule has 94 valence electrons. The zero-order valence-electron chi connectivity index (χ0n) is 11.4. The van der Waals surface area contributed by atoms with Gasteiger partial charge in [0.2, 0.25) is 0 Å². The zero-order valence-corrected chi connectivity index (χ0v) is 11.4. The molecule has 1 fully saturated rings. The minimum Gasteiger partial charge on any atom is -0.378 e. The van der Waals surface area contributed by atoms with E-state index in [-0.39, 0.29) is 11.2 Å². The first kappa shape index (κ1) is 12.4. The van der Waals surface area contributed by atoms with Crippen LogP contribution in [0.3, 0.4) is 0 Å². The van der Waals surface area contributed by atoms with Crippen LogP contribution in [0.5, 0.6) is 0 Å². The number of nitrogens with one attached hydrogen (secondary N) is 1. The van der Waals surface area contributed by atoms with E-state index in [0.29, 0.717) is 6.04 Å². The summed E-state index contributed by atoms with van der Waals surface area (Å²) >= 11 is 0. The molecule has 1 atom stereocenters. The van der Waals surface area contributed by atoms with Crippen molar-refractivity contribution >= 4 is 5.69 Å². The van der Waals surface area contributed by atoms with Crippen LogP contribution in [0.4, 0.5) is 5.69 Å². The number of aromatic nitrogens is 1. The molecule has 2 rings (SSSR count). The summed E-state index contributed by atoms with van der Waals surface area (Å²) in [4.78, 5) is 4.30. The predicted octanol–water partition coefficient (Wildman–Crippen LogP) is 3.15. The van der Waals surface area contributed by atoms with Crippen molar-refractivity contribution in [2.45, 2.75) is 58.3 Å². The van der Waals surface area contributed by atoms with Crippen molar-refractivity contribution in [3.8, 4) is 0 Å². The summed E-state index contributed by atoms with van der Waals surface area (Å²) < 4.78 is 6.06. The Morgan fingerprint density at radius 3 is 2.47 bits per heavy atom. The number of rotatable bonds is 2. The van der Waals surface area contributed by atoms with Crippen LogP contribution < -0.4 is 5.32 Å². The number of hydrogen-bond acceptors (Lipinski definition) is 3. The molecule has 0 aliphatic carbocycles. The average Bonchev–Trinajstić information content (AvgIpc) is 2.38. The molecule has 3 heteroatoms. The first-order chi connectivity index (χ1) is 7.78. The minimum absolute atomic E-state index is 0.0563. The summed E-state index contributed by atoms with van der Waals surface area (Å²) in [6.45, 7) is 10.6. The van der Waals surface area contributed by atoms with Crippen LogP contribution in [0.15, 0.2) is 18.3 Å². The molecule has 2 heterocycles. The van der Waals surface area contributed by atoms with Crippen molar-refractivity contribution < 1.29 is 4.74 Å². The second-order valence-electron chi connectivity index (χ2n) is 6.05. The van der Waals surface area contributed by atoms with Gasteiger partial charge in [0.1, 0.15) is 0 Å². The van der Waals surface area contributed by atoms with E-state index in [0.717, 1.165) is 17.8 Å². The summed E-state index contributed by atoms with van der Waals surface area (Å²) in [5.41, 5.74) is 1.90. The van der Waals surface area contributed by atoms with Crippen molar-refractivity contribution in [3.63, 3.8) is 0 Å². The third kappa shape index (κ3) is 2.78. The third-order valence-electron chi connectivity index (χ3n) is 3.33. The van der Waals surface area contributed by atoms with Crippen LogP contribution in [0.2, 0.25) is 0 Å². The van der Waals surface area contributed by atoms with Gasteiger partial charge in [0.05, 0.1) is 29.1 Å². The van der Waals surface area contributed by atoms with Crippen LogP contribution in [0.1, 0.15) is 39.8 Å². The van der Waals surface area contributed by atoms with E-state index in [4.69, 9.17) is 4.74 Å². The first-order valence-corrected chi connectivity index (χ1v) is 6.18. The maximum atomic E-state index is 6.06. The monoisotopic (exact) mass is 234 g/mol. The molecule has 0 amide bonds. The van der Waals surface area contributed by atoms with Crippen LogP contribution in [-0.4, -0.2) is 22.2 Å². The van der Waals surface area contributed by atoms with Gasteiger partial charge in [-0.3, -0.25) is 4.98 Å². The molecular formula is C14H22N2O. The van der Waals surface area contributed by atoms with E-state index >= 15 is 0 Å². The quantitative estimate of drug-likeness (QED) is 0.853. The highest BCUT2D eigenvalue weighted by Gasteiger charge is 2.45. The number of aryl methyl sites for hydroxylation is 1. The van der Waals surface area contributed by atoms with Crippen molar-refractivity contribution in [3.05, 3.63) is 24.0 Å². The molecule has 1 aromatic heterocycles. The Labute approximate surface area is 104 Å². The van der Waals surface area contributed by atoms with E-state index in [1.165, 1.54) is 0 Å². The molecular weight excluding hydrogens is 212 g/mol. The second kappa shape index (κ2) is 3.98. The van der Waals surface area contributed by atoms with E-state index in [9.17, 15) is 0 Å². The highest BCUT2D eigenvalue weighted by atomic mass is 16.5. The van der Waals surface area contributed by atoms with Crippen LogP contribution in [-0.2, 0) is 4.74 Å². The molecule has 0 aromatic carbocycles. The fourth-order valence-electron chi connectivity index (χ4n) is 2.54. The molecule has 1 aliphatic heterocycles. The van der Waals surface area contributed by atoms with Gasteiger partial charge in [0.25, 0.3) is 0 Å². The summed E-state index contributed by atoms with van der Waals surface area (Å²) in [5.74, 6) is 0.